The van der Waals surface area contributed by atoms with Crippen LogP contribution in [-0.4, -0.2) is 35.3 Å². The van der Waals surface area contributed by atoms with Crippen molar-refractivity contribution < 1.29 is 9.18 Å². The van der Waals surface area contributed by atoms with E-state index in [-0.39, 0.29) is 29.6 Å². The number of halogens is 2. The summed E-state index contributed by atoms with van der Waals surface area (Å²) < 4.78 is 14.8. The van der Waals surface area contributed by atoms with Crippen molar-refractivity contribution in [2.24, 2.45) is 0 Å². The van der Waals surface area contributed by atoms with Crippen molar-refractivity contribution in [1.82, 2.24) is 9.55 Å². The first kappa shape index (κ1) is 24.3. The number of fused-ring (bicyclic) bond motifs is 1. The molecule has 0 aliphatic carbocycles. The van der Waals surface area contributed by atoms with Crippen molar-refractivity contribution in [1.29, 1.82) is 0 Å². The number of carbonyl (C=O) groups is 1. The number of nitrogens with zero attached hydrogens (tertiary/aromatic N) is 3. The molecule has 9 heteroatoms. The van der Waals surface area contributed by atoms with Crippen LogP contribution in [0.5, 0.6) is 0 Å². The topological polar surface area (TPSA) is 67.2 Å². The summed E-state index contributed by atoms with van der Waals surface area (Å²) in [6.45, 7) is 0. The van der Waals surface area contributed by atoms with Crippen molar-refractivity contribution in [3.05, 3.63) is 89.0 Å². The highest BCUT2D eigenvalue weighted by Crippen LogP contribution is 2.22. The summed E-state index contributed by atoms with van der Waals surface area (Å²) in [5, 5.41) is 3.66. The van der Waals surface area contributed by atoms with Crippen molar-refractivity contribution in [3.8, 4) is 5.69 Å². The lowest BCUT2D eigenvalue weighted by Crippen LogP contribution is -2.23. The van der Waals surface area contributed by atoms with Crippen LogP contribution in [0, 0.1) is 5.82 Å². The second kappa shape index (κ2) is 10.5. The summed E-state index contributed by atoms with van der Waals surface area (Å²) in [5.41, 5.74) is 2.46. The fourth-order valence-electron chi connectivity index (χ4n) is 3.20. The molecule has 33 heavy (non-hydrogen) atoms. The number of anilines is 2. The Bertz CT molecular complexity index is 1330. The number of thioether (sulfide) groups is 1. The van der Waals surface area contributed by atoms with Gasteiger partial charge in [0.15, 0.2) is 5.16 Å². The molecule has 1 N–H and O–H groups in total. The fraction of sp³-hybridized carbons (Fsp3) is 0.125. The summed E-state index contributed by atoms with van der Waals surface area (Å²) in [5.74, 6) is -0.563. The smallest absolute Gasteiger partial charge is 0.266 e. The minimum absolute atomic E-state index is 0. The molecule has 0 spiro atoms. The molecule has 0 fully saturated rings. The van der Waals surface area contributed by atoms with Crippen LogP contribution in [0.3, 0.4) is 0 Å². The average Bonchev–Trinajstić information content (AvgIpc) is 2.79. The van der Waals surface area contributed by atoms with E-state index in [4.69, 9.17) is 0 Å². The van der Waals surface area contributed by atoms with E-state index in [0.717, 1.165) is 17.4 Å². The monoisotopic (exact) mass is 484 g/mol. The number of hydrogen-bond acceptors (Lipinski definition) is 5. The average molecular weight is 485 g/mol. The van der Waals surface area contributed by atoms with Crippen LogP contribution < -0.4 is 15.8 Å². The van der Waals surface area contributed by atoms with Gasteiger partial charge in [-0.25, -0.2) is 9.37 Å². The van der Waals surface area contributed by atoms with Gasteiger partial charge in [-0.15, -0.1) is 12.4 Å². The summed E-state index contributed by atoms with van der Waals surface area (Å²) in [6, 6.07) is 20.1. The van der Waals surface area contributed by atoms with Crippen LogP contribution in [0.25, 0.3) is 16.6 Å². The van der Waals surface area contributed by atoms with Crippen molar-refractivity contribution in [2.75, 3.05) is 30.1 Å². The van der Waals surface area contributed by atoms with Crippen molar-refractivity contribution in [3.63, 3.8) is 0 Å². The zero-order chi connectivity index (χ0) is 22.7. The Hall–Kier alpha value is -3.36. The number of nitrogens with one attached hydrogen (secondary N) is 1. The maximum atomic E-state index is 13.4. The third-order valence-electron chi connectivity index (χ3n) is 4.83. The van der Waals surface area contributed by atoms with Crippen LogP contribution in [0.2, 0.25) is 0 Å². The summed E-state index contributed by atoms with van der Waals surface area (Å²) in [7, 11) is 3.89. The first-order valence-corrected chi connectivity index (χ1v) is 10.9. The third-order valence-corrected chi connectivity index (χ3v) is 5.77. The number of aromatic nitrogens is 2. The van der Waals surface area contributed by atoms with E-state index in [0.29, 0.717) is 27.4 Å². The van der Waals surface area contributed by atoms with Crippen molar-refractivity contribution >= 4 is 52.4 Å². The summed E-state index contributed by atoms with van der Waals surface area (Å²) in [6.07, 6.45) is 0. The molecule has 1 heterocycles. The van der Waals surface area contributed by atoms with Gasteiger partial charge in [-0.2, -0.15) is 0 Å². The molecule has 1 amide bonds. The molecule has 0 aliphatic rings. The molecule has 4 rings (SSSR count). The van der Waals surface area contributed by atoms with E-state index in [2.05, 4.69) is 10.3 Å². The lowest BCUT2D eigenvalue weighted by atomic mass is 10.2. The number of para-hydroxylation sites is 1. The molecule has 0 aliphatic heterocycles. The number of rotatable bonds is 6. The lowest BCUT2D eigenvalue weighted by Gasteiger charge is -2.14. The van der Waals surface area contributed by atoms with Gasteiger partial charge in [-0.05, 0) is 60.7 Å². The Balaban J connectivity index is 0.00000306. The molecular weight excluding hydrogens is 463 g/mol. The van der Waals surface area contributed by atoms with Crippen LogP contribution >= 0.6 is 24.2 Å². The quantitative estimate of drug-likeness (QED) is 0.316. The highest BCUT2D eigenvalue weighted by Gasteiger charge is 2.15. The minimum atomic E-state index is -0.399. The summed E-state index contributed by atoms with van der Waals surface area (Å²) >= 11 is 1.15. The molecule has 0 saturated heterocycles. The van der Waals surface area contributed by atoms with Crippen LogP contribution in [0.1, 0.15) is 0 Å². The van der Waals surface area contributed by atoms with Gasteiger partial charge in [0.25, 0.3) is 5.56 Å². The summed E-state index contributed by atoms with van der Waals surface area (Å²) in [4.78, 5) is 32.3. The van der Waals surface area contributed by atoms with Gasteiger partial charge in [-0.1, -0.05) is 23.9 Å². The van der Waals surface area contributed by atoms with E-state index in [9.17, 15) is 14.0 Å². The standard InChI is InChI=1S/C24H21FN4O2S.ClH/c1-28(2)18-13-9-17(10-14-18)26-22(30)15-32-24-27-21-6-4-3-5-20(21)23(31)29(24)19-11-7-16(25)8-12-19;/h3-14H,15H2,1-2H3,(H,26,30);1H. The Morgan fingerprint density at radius 3 is 2.36 bits per heavy atom. The predicted molar refractivity (Wildman–Crippen MR) is 135 cm³/mol. The molecule has 0 bridgehead atoms. The van der Waals surface area contributed by atoms with Crippen LogP contribution in [0.4, 0.5) is 15.8 Å². The van der Waals surface area contributed by atoms with Gasteiger partial charge >= 0.3 is 0 Å². The van der Waals surface area contributed by atoms with Crippen LogP contribution in [-0.2, 0) is 4.79 Å². The first-order chi connectivity index (χ1) is 15.4. The van der Waals surface area contributed by atoms with Gasteiger partial charge in [0.05, 0.1) is 22.3 Å². The van der Waals surface area contributed by atoms with E-state index in [1.54, 1.807) is 24.3 Å². The molecule has 0 unspecified atom stereocenters. The van der Waals surface area contributed by atoms with E-state index >= 15 is 0 Å². The molecule has 0 atom stereocenters. The van der Waals surface area contributed by atoms with E-state index in [1.807, 2.05) is 43.3 Å². The van der Waals surface area contributed by atoms with Gasteiger partial charge in [0.2, 0.25) is 5.91 Å². The molecule has 0 radical (unpaired) electrons. The van der Waals surface area contributed by atoms with Crippen molar-refractivity contribution in [2.45, 2.75) is 5.16 Å². The highest BCUT2D eigenvalue weighted by molar-refractivity contribution is 7.99. The Morgan fingerprint density at radius 2 is 1.70 bits per heavy atom. The second-order valence-corrected chi connectivity index (χ2v) is 8.25. The predicted octanol–water partition coefficient (Wildman–Crippen LogP) is 4.74. The normalized spacial score (nSPS) is 10.5. The number of benzene rings is 3. The molecule has 6 nitrogen and oxygen atoms in total. The van der Waals surface area contributed by atoms with Gasteiger partial charge in [-0.3, -0.25) is 14.2 Å². The molecule has 3 aromatic carbocycles. The number of carbonyl (C=O) groups excluding carboxylic acids is 1. The lowest BCUT2D eigenvalue weighted by molar-refractivity contribution is -0.113. The molecule has 170 valence electrons. The molecule has 4 aromatic rings. The zero-order valence-corrected chi connectivity index (χ0v) is 19.6. The van der Waals surface area contributed by atoms with Crippen LogP contribution in [0.15, 0.2) is 82.7 Å². The largest absolute Gasteiger partial charge is 0.378 e. The third kappa shape index (κ3) is 5.53. The molecular formula is C24H22ClFN4O2S. The van der Waals surface area contributed by atoms with Gasteiger partial charge < -0.3 is 10.2 Å². The van der Waals surface area contributed by atoms with E-state index in [1.165, 1.54) is 28.8 Å². The maximum Gasteiger partial charge on any atom is 0.266 e. The highest BCUT2D eigenvalue weighted by atomic mass is 35.5. The zero-order valence-electron chi connectivity index (χ0n) is 18.0. The number of hydrogen-bond donors (Lipinski definition) is 1. The van der Waals surface area contributed by atoms with Gasteiger partial charge in [0.1, 0.15) is 5.82 Å². The van der Waals surface area contributed by atoms with Gasteiger partial charge in [0, 0.05) is 25.5 Å². The number of amides is 1. The molecule has 1 aromatic heterocycles. The molecule has 0 saturated carbocycles. The second-order valence-electron chi connectivity index (χ2n) is 7.31. The Morgan fingerprint density at radius 1 is 1.03 bits per heavy atom. The first-order valence-electron chi connectivity index (χ1n) is 9.90. The van der Waals surface area contributed by atoms with E-state index < -0.39 is 5.82 Å². The Kier molecular flexibility index (Phi) is 7.73. The fourth-order valence-corrected chi connectivity index (χ4v) is 4.01. The Labute approximate surface area is 200 Å². The maximum absolute atomic E-state index is 13.4. The SMILES string of the molecule is CN(C)c1ccc(NC(=O)CSc2nc3ccccc3c(=O)n2-c2ccc(F)cc2)cc1.Cl. The minimum Gasteiger partial charge on any atom is -0.378 e.